The van der Waals surface area contributed by atoms with Gasteiger partial charge in [-0.1, -0.05) is 11.2 Å². The van der Waals surface area contributed by atoms with Gasteiger partial charge in [0.05, 0.1) is 5.39 Å². The van der Waals surface area contributed by atoms with Crippen LogP contribution in [0.15, 0.2) is 22.7 Å². The summed E-state index contributed by atoms with van der Waals surface area (Å²) in [6, 6.07) is 4.50. The normalized spacial score (nSPS) is 10.8. The van der Waals surface area contributed by atoms with Crippen LogP contribution in [0.5, 0.6) is 0 Å². The fraction of sp³-hybridized carbons (Fsp3) is 0.125. The second-order valence-electron chi connectivity index (χ2n) is 2.40. The maximum absolute atomic E-state index is 12.9. The Morgan fingerprint density at radius 3 is 3.08 bits per heavy atom. The molecule has 0 amide bonds. The minimum atomic E-state index is -0.434. The van der Waals surface area contributed by atoms with Crippen LogP contribution < -0.4 is 0 Å². The number of aliphatic hydroxyl groups is 1. The third-order valence-electron chi connectivity index (χ3n) is 1.68. The first-order valence-electron chi connectivity index (χ1n) is 3.46. The smallest absolute Gasteiger partial charge is 0.170 e. The molecule has 0 spiro atoms. The zero-order valence-corrected chi connectivity index (χ0v) is 6.12. The van der Waals surface area contributed by atoms with Crippen LogP contribution in [0.25, 0.3) is 10.9 Å². The van der Waals surface area contributed by atoms with E-state index in [9.17, 15) is 4.39 Å². The zero-order chi connectivity index (χ0) is 8.55. The second-order valence-corrected chi connectivity index (χ2v) is 2.40. The van der Waals surface area contributed by atoms with Crippen molar-refractivity contribution in [2.45, 2.75) is 6.61 Å². The summed E-state index contributed by atoms with van der Waals surface area (Å²) in [4.78, 5) is 0. The van der Waals surface area contributed by atoms with Gasteiger partial charge in [0, 0.05) is 0 Å². The highest BCUT2D eigenvalue weighted by atomic mass is 19.1. The number of aromatic nitrogens is 1. The van der Waals surface area contributed by atoms with Gasteiger partial charge in [-0.3, -0.25) is 0 Å². The van der Waals surface area contributed by atoms with Gasteiger partial charge >= 0.3 is 0 Å². The molecule has 2 rings (SSSR count). The Kier molecular flexibility index (Phi) is 1.55. The highest BCUT2D eigenvalue weighted by Crippen LogP contribution is 2.20. The summed E-state index contributed by atoms with van der Waals surface area (Å²) in [5, 5.41) is 12.8. The largest absolute Gasteiger partial charge is 0.388 e. The second kappa shape index (κ2) is 2.57. The predicted octanol–water partition coefficient (Wildman–Crippen LogP) is 1.46. The highest BCUT2D eigenvalue weighted by molar-refractivity contribution is 5.80. The Morgan fingerprint density at radius 2 is 2.33 bits per heavy atom. The predicted molar refractivity (Wildman–Crippen MR) is 39.9 cm³/mol. The molecule has 0 saturated carbocycles. The van der Waals surface area contributed by atoms with Gasteiger partial charge in [-0.05, 0) is 12.1 Å². The van der Waals surface area contributed by atoms with Crippen LogP contribution in [0.3, 0.4) is 0 Å². The summed E-state index contributed by atoms with van der Waals surface area (Å²) >= 11 is 0. The Bertz CT molecular complexity index is 410. The van der Waals surface area contributed by atoms with Gasteiger partial charge in [-0.2, -0.15) is 0 Å². The van der Waals surface area contributed by atoms with E-state index in [2.05, 4.69) is 5.16 Å². The van der Waals surface area contributed by atoms with E-state index in [1.807, 2.05) is 0 Å². The lowest BCUT2D eigenvalue weighted by atomic mass is 10.2. The van der Waals surface area contributed by atoms with Crippen molar-refractivity contribution in [1.29, 1.82) is 0 Å². The number of rotatable bonds is 1. The van der Waals surface area contributed by atoms with Crippen LogP contribution in [0, 0.1) is 5.82 Å². The summed E-state index contributed by atoms with van der Waals surface area (Å²) in [7, 11) is 0. The van der Waals surface area contributed by atoms with Gasteiger partial charge in [-0.15, -0.1) is 0 Å². The molecule has 3 nitrogen and oxygen atoms in total. The molecule has 0 unspecified atom stereocenters. The number of aliphatic hydroxyl groups excluding tert-OH is 1. The van der Waals surface area contributed by atoms with E-state index in [4.69, 9.17) is 9.63 Å². The van der Waals surface area contributed by atoms with Crippen molar-refractivity contribution in [3.63, 3.8) is 0 Å². The molecule has 12 heavy (non-hydrogen) atoms. The van der Waals surface area contributed by atoms with Crippen molar-refractivity contribution in [3.8, 4) is 0 Å². The van der Waals surface area contributed by atoms with E-state index in [-0.39, 0.29) is 12.1 Å². The Morgan fingerprint density at radius 1 is 1.50 bits per heavy atom. The maximum atomic E-state index is 12.9. The minimum absolute atomic E-state index is 0.168. The topological polar surface area (TPSA) is 46.3 Å². The number of nitrogens with zero attached hydrogens (tertiary/aromatic N) is 1. The van der Waals surface area contributed by atoms with Gasteiger partial charge < -0.3 is 9.63 Å². The average Bonchev–Trinajstić information content (AvgIpc) is 2.49. The molecule has 0 aliphatic carbocycles. The summed E-state index contributed by atoms with van der Waals surface area (Å²) in [6.45, 7) is -0.264. The lowest BCUT2D eigenvalue weighted by Crippen LogP contribution is -1.79. The molecular formula is C8H6FNO2. The standard InChI is InChI=1S/C8H6FNO2/c9-6-3-1-2-5-7(4-11)12-10-8(5)6/h1-3,11H,4H2. The highest BCUT2D eigenvalue weighted by Gasteiger charge is 2.09. The van der Waals surface area contributed by atoms with Gasteiger partial charge in [-0.25, -0.2) is 4.39 Å². The van der Waals surface area contributed by atoms with E-state index < -0.39 is 5.82 Å². The summed E-state index contributed by atoms with van der Waals surface area (Å²) in [5.74, 6) is -0.138. The maximum Gasteiger partial charge on any atom is 0.170 e. The van der Waals surface area contributed by atoms with Crippen LogP contribution in [0.1, 0.15) is 5.76 Å². The molecule has 0 aliphatic rings. The SMILES string of the molecule is OCc1onc2c(F)cccc12. The monoisotopic (exact) mass is 167 g/mol. The molecule has 0 atom stereocenters. The Hall–Kier alpha value is -1.42. The lowest BCUT2D eigenvalue weighted by Gasteiger charge is -1.88. The van der Waals surface area contributed by atoms with Crippen molar-refractivity contribution < 1.29 is 14.0 Å². The average molecular weight is 167 g/mol. The Labute approximate surface area is 67.4 Å². The molecule has 1 aromatic heterocycles. The number of benzene rings is 1. The summed E-state index contributed by atoms with van der Waals surface area (Å²) < 4.78 is 17.6. The molecule has 62 valence electrons. The van der Waals surface area contributed by atoms with Crippen molar-refractivity contribution in [1.82, 2.24) is 5.16 Å². The molecular weight excluding hydrogens is 161 g/mol. The van der Waals surface area contributed by atoms with E-state index in [1.165, 1.54) is 6.07 Å². The number of hydrogen-bond acceptors (Lipinski definition) is 3. The zero-order valence-electron chi connectivity index (χ0n) is 6.12. The van der Waals surface area contributed by atoms with E-state index >= 15 is 0 Å². The van der Waals surface area contributed by atoms with Gasteiger partial charge in [0.15, 0.2) is 11.6 Å². The van der Waals surface area contributed by atoms with Crippen LogP contribution in [-0.4, -0.2) is 10.3 Å². The number of fused-ring (bicyclic) bond motifs is 1. The molecule has 0 bridgehead atoms. The third-order valence-corrected chi connectivity index (χ3v) is 1.68. The quantitative estimate of drug-likeness (QED) is 0.699. The summed E-state index contributed by atoms with van der Waals surface area (Å²) in [6.07, 6.45) is 0. The summed E-state index contributed by atoms with van der Waals surface area (Å²) in [5.41, 5.74) is 0.168. The van der Waals surface area contributed by atoms with E-state index in [0.717, 1.165) is 0 Å². The number of halogens is 1. The van der Waals surface area contributed by atoms with Crippen LogP contribution in [0.2, 0.25) is 0 Å². The first kappa shape index (κ1) is 7.24. The first-order valence-corrected chi connectivity index (χ1v) is 3.46. The molecule has 0 aliphatic heterocycles. The molecule has 2 aromatic rings. The van der Waals surface area contributed by atoms with Crippen molar-refractivity contribution >= 4 is 10.9 Å². The van der Waals surface area contributed by atoms with Gasteiger partial charge in [0.2, 0.25) is 0 Å². The van der Waals surface area contributed by atoms with Crippen LogP contribution in [-0.2, 0) is 6.61 Å². The first-order chi connectivity index (χ1) is 5.83. The molecule has 1 heterocycles. The fourth-order valence-electron chi connectivity index (χ4n) is 1.10. The molecule has 4 heteroatoms. The van der Waals surface area contributed by atoms with Crippen LogP contribution >= 0.6 is 0 Å². The van der Waals surface area contributed by atoms with Gasteiger partial charge in [0.1, 0.15) is 12.1 Å². The van der Waals surface area contributed by atoms with Crippen molar-refractivity contribution in [3.05, 3.63) is 29.8 Å². The fourth-order valence-corrected chi connectivity index (χ4v) is 1.10. The van der Waals surface area contributed by atoms with E-state index in [0.29, 0.717) is 11.1 Å². The van der Waals surface area contributed by atoms with E-state index in [1.54, 1.807) is 12.1 Å². The molecule has 1 aromatic carbocycles. The molecule has 0 radical (unpaired) electrons. The number of hydrogen-bond donors (Lipinski definition) is 1. The lowest BCUT2D eigenvalue weighted by molar-refractivity contribution is 0.231. The molecule has 0 fully saturated rings. The van der Waals surface area contributed by atoms with Crippen LogP contribution in [0.4, 0.5) is 4.39 Å². The minimum Gasteiger partial charge on any atom is -0.388 e. The van der Waals surface area contributed by atoms with Gasteiger partial charge in [0.25, 0.3) is 0 Å². The molecule has 1 N–H and O–H groups in total. The molecule has 0 saturated heterocycles. The Balaban J connectivity index is 2.80. The van der Waals surface area contributed by atoms with Crippen molar-refractivity contribution in [2.75, 3.05) is 0 Å². The third kappa shape index (κ3) is 0.887. The van der Waals surface area contributed by atoms with Crippen molar-refractivity contribution in [2.24, 2.45) is 0 Å².